The quantitative estimate of drug-likeness (QED) is 0.0804. The maximum atomic E-state index is 12.6. The monoisotopic (exact) mass is 775 g/mol. The van der Waals surface area contributed by atoms with Gasteiger partial charge < -0.3 is 45.1 Å². The molecule has 1 heterocycles. The van der Waals surface area contributed by atoms with Crippen LogP contribution in [0.3, 0.4) is 0 Å². The molecule has 9 atom stereocenters. The van der Waals surface area contributed by atoms with Crippen molar-refractivity contribution >= 4 is 23.7 Å². The number of esters is 1. The Hall–Kier alpha value is -2.58. The van der Waals surface area contributed by atoms with E-state index in [2.05, 4.69) is 29.8 Å². The molecular weight excluding hydrogens is 706 g/mol. The highest BCUT2D eigenvalue weighted by molar-refractivity contribution is 5.85. The summed E-state index contributed by atoms with van der Waals surface area (Å²) >= 11 is 0. The maximum Gasteiger partial charge on any atom is 0.331 e. The number of carbonyl (C=O) groups is 4. The van der Waals surface area contributed by atoms with E-state index in [1.165, 1.54) is 0 Å². The number of carbonyl (C=O) groups excluding carboxylic acids is 4. The SMILES string of the molecule is CCCCC(=O)NCCOCCOCCNC(=O)CCCCCNC(=O)COC1CCC2(C)C(CCC3C2CC(O)C2(C)C(C4=CC(=O)OC4)CCC32O)C1. The van der Waals surface area contributed by atoms with Crippen LogP contribution in [-0.4, -0.2) is 111 Å². The lowest BCUT2D eigenvalue weighted by atomic mass is 9.42. The Morgan fingerprint density at radius 1 is 0.818 bits per heavy atom. The number of rotatable bonds is 22. The largest absolute Gasteiger partial charge is 0.458 e. The molecule has 0 aromatic rings. The van der Waals surface area contributed by atoms with E-state index >= 15 is 0 Å². The Labute approximate surface area is 327 Å². The Morgan fingerprint density at radius 3 is 2.18 bits per heavy atom. The Morgan fingerprint density at radius 2 is 1.51 bits per heavy atom. The number of unbranched alkanes of at least 4 members (excludes halogenated alkanes) is 3. The molecule has 13 nitrogen and oxygen atoms in total. The molecule has 5 rings (SSSR count). The van der Waals surface area contributed by atoms with Crippen LogP contribution < -0.4 is 16.0 Å². The summed E-state index contributed by atoms with van der Waals surface area (Å²) in [6.07, 6.45) is 12.8. The fraction of sp³-hybridized carbons (Fsp3) is 0.857. The van der Waals surface area contributed by atoms with E-state index in [-0.39, 0.29) is 66.2 Å². The van der Waals surface area contributed by atoms with Crippen molar-refractivity contribution in [2.24, 2.45) is 34.5 Å². The lowest BCUT2D eigenvalue weighted by Gasteiger charge is -2.65. The first-order valence-corrected chi connectivity index (χ1v) is 21.3. The van der Waals surface area contributed by atoms with E-state index in [9.17, 15) is 29.4 Å². The van der Waals surface area contributed by atoms with Gasteiger partial charge in [-0.3, -0.25) is 14.4 Å². The van der Waals surface area contributed by atoms with Crippen molar-refractivity contribution in [3.63, 3.8) is 0 Å². The molecule has 13 heteroatoms. The summed E-state index contributed by atoms with van der Waals surface area (Å²) in [6, 6.07) is 0. The van der Waals surface area contributed by atoms with Crippen molar-refractivity contribution in [1.29, 1.82) is 0 Å². The third-order valence-electron chi connectivity index (χ3n) is 14.1. The molecule has 0 radical (unpaired) electrons. The van der Waals surface area contributed by atoms with Crippen LogP contribution in [0.2, 0.25) is 0 Å². The van der Waals surface area contributed by atoms with Crippen LogP contribution in [0.5, 0.6) is 0 Å². The van der Waals surface area contributed by atoms with E-state index in [0.717, 1.165) is 76.2 Å². The smallest absolute Gasteiger partial charge is 0.331 e. The Bertz CT molecular complexity index is 1340. The van der Waals surface area contributed by atoms with Crippen molar-refractivity contribution in [2.75, 3.05) is 59.3 Å². The van der Waals surface area contributed by atoms with Crippen LogP contribution >= 0.6 is 0 Å². The maximum absolute atomic E-state index is 12.6. The summed E-state index contributed by atoms with van der Waals surface area (Å²) in [5.74, 6) is 0.263. The van der Waals surface area contributed by atoms with Crippen LogP contribution in [0.1, 0.15) is 117 Å². The number of hydrogen-bond donors (Lipinski definition) is 5. The zero-order valence-electron chi connectivity index (χ0n) is 33.7. The van der Waals surface area contributed by atoms with Crippen LogP contribution in [0.15, 0.2) is 11.6 Å². The lowest BCUT2D eigenvalue weighted by molar-refractivity contribution is -0.245. The third kappa shape index (κ3) is 10.5. The predicted octanol–water partition coefficient (Wildman–Crippen LogP) is 3.73. The Balaban J connectivity index is 0.895. The zero-order chi connectivity index (χ0) is 39.5. The van der Waals surface area contributed by atoms with E-state index in [4.69, 9.17) is 18.9 Å². The molecule has 0 saturated heterocycles. The molecular formula is C42H69N3O10. The van der Waals surface area contributed by atoms with Gasteiger partial charge in [-0.15, -0.1) is 0 Å². The van der Waals surface area contributed by atoms with E-state index in [0.29, 0.717) is 77.7 Å². The van der Waals surface area contributed by atoms with Gasteiger partial charge in [-0.05, 0) is 105 Å². The second kappa shape index (κ2) is 20.2. The van der Waals surface area contributed by atoms with Crippen LogP contribution in [-0.2, 0) is 38.1 Å². The third-order valence-corrected chi connectivity index (χ3v) is 14.1. The molecule has 4 saturated carbocycles. The normalized spacial score (nSPS) is 33.8. The van der Waals surface area contributed by atoms with Crippen LogP contribution in [0.4, 0.5) is 0 Å². The highest BCUT2D eigenvalue weighted by Gasteiger charge is 2.70. The molecule has 4 aliphatic carbocycles. The summed E-state index contributed by atoms with van der Waals surface area (Å²) < 4.78 is 22.3. The molecule has 0 bridgehead atoms. The molecule has 312 valence electrons. The van der Waals surface area contributed by atoms with Gasteiger partial charge in [0.25, 0.3) is 0 Å². The summed E-state index contributed by atoms with van der Waals surface area (Å²) in [6.45, 7) is 9.95. The number of aliphatic hydroxyl groups excluding tert-OH is 1. The van der Waals surface area contributed by atoms with Crippen LogP contribution in [0, 0.1) is 34.5 Å². The Kier molecular flexibility index (Phi) is 16.0. The number of cyclic esters (lactones) is 1. The highest BCUT2D eigenvalue weighted by Crippen LogP contribution is 2.70. The second-order valence-corrected chi connectivity index (χ2v) is 17.3. The summed E-state index contributed by atoms with van der Waals surface area (Å²) in [5, 5.41) is 32.9. The van der Waals surface area contributed by atoms with E-state index < -0.39 is 17.1 Å². The fourth-order valence-electron chi connectivity index (χ4n) is 10.9. The van der Waals surface area contributed by atoms with Crippen molar-refractivity contribution in [1.82, 2.24) is 16.0 Å². The minimum absolute atomic E-state index is 0.0111. The first-order valence-electron chi connectivity index (χ1n) is 21.3. The lowest BCUT2D eigenvalue weighted by Crippen LogP contribution is -2.67. The van der Waals surface area contributed by atoms with Gasteiger partial charge in [0.05, 0.1) is 44.2 Å². The van der Waals surface area contributed by atoms with Gasteiger partial charge in [-0.1, -0.05) is 33.6 Å². The molecule has 0 spiro atoms. The molecule has 9 unspecified atom stereocenters. The summed E-state index contributed by atoms with van der Waals surface area (Å²) in [4.78, 5) is 48.1. The number of amides is 3. The number of aliphatic hydroxyl groups is 2. The minimum Gasteiger partial charge on any atom is -0.458 e. The molecule has 5 N–H and O–H groups in total. The van der Waals surface area contributed by atoms with Gasteiger partial charge in [-0.2, -0.15) is 0 Å². The number of fused-ring (bicyclic) bond motifs is 5. The first kappa shape index (κ1) is 43.5. The van der Waals surface area contributed by atoms with Crippen molar-refractivity contribution in [2.45, 2.75) is 135 Å². The van der Waals surface area contributed by atoms with E-state index in [1.54, 1.807) is 6.08 Å². The summed E-state index contributed by atoms with van der Waals surface area (Å²) in [7, 11) is 0. The molecule has 55 heavy (non-hydrogen) atoms. The second-order valence-electron chi connectivity index (χ2n) is 17.3. The van der Waals surface area contributed by atoms with Gasteiger partial charge >= 0.3 is 5.97 Å². The van der Waals surface area contributed by atoms with Crippen molar-refractivity contribution < 1.29 is 48.3 Å². The van der Waals surface area contributed by atoms with Gasteiger partial charge in [0.2, 0.25) is 17.7 Å². The molecule has 3 amide bonds. The van der Waals surface area contributed by atoms with Gasteiger partial charge in [0.15, 0.2) is 0 Å². The van der Waals surface area contributed by atoms with Gasteiger partial charge in [-0.25, -0.2) is 4.79 Å². The summed E-state index contributed by atoms with van der Waals surface area (Å²) in [5.41, 5.74) is -0.785. The average Bonchev–Trinajstić information content (AvgIpc) is 3.72. The molecule has 0 aromatic carbocycles. The van der Waals surface area contributed by atoms with Crippen molar-refractivity contribution in [3.8, 4) is 0 Å². The minimum atomic E-state index is -0.985. The van der Waals surface area contributed by atoms with Gasteiger partial charge in [0.1, 0.15) is 13.2 Å². The van der Waals surface area contributed by atoms with E-state index in [1.807, 2.05) is 6.92 Å². The standard InChI is InChI=1S/C42H69N3O10/c1-4-5-9-36(47)44-18-20-52-22-23-53-21-19-45-37(48)10-7-6-8-17-43-38(49)28-54-31-13-15-40(2)30(25-31)11-12-33-34(40)26-35(46)41(3)32(14-16-42(33,41)51)29-24-39(50)55-27-29/h24,30-35,46,51H,4-23,25-28H2,1-3H3,(H,43,49)(H,44,47)(H,45,48). The van der Waals surface area contributed by atoms with Crippen molar-refractivity contribution in [3.05, 3.63) is 11.6 Å². The number of ether oxygens (including phenoxy) is 4. The topological polar surface area (TPSA) is 182 Å². The number of hydrogen-bond acceptors (Lipinski definition) is 10. The van der Waals surface area contributed by atoms with Gasteiger partial charge in [0, 0.05) is 44.0 Å². The highest BCUT2D eigenvalue weighted by atomic mass is 16.5. The average molecular weight is 776 g/mol. The first-order chi connectivity index (χ1) is 26.4. The predicted molar refractivity (Wildman–Crippen MR) is 206 cm³/mol. The zero-order valence-corrected chi connectivity index (χ0v) is 33.7. The fourth-order valence-corrected chi connectivity index (χ4v) is 10.9. The molecule has 5 aliphatic rings. The molecule has 0 aromatic heterocycles. The molecule has 4 fully saturated rings. The number of nitrogens with one attached hydrogen (secondary N) is 3. The van der Waals surface area contributed by atoms with Crippen LogP contribution in [0.25, 0.3) is 0 Å². The molecule has 1 aliphatic heterocycles.